The Morgan fingerprint density at radius 1 is 0.885 bits per heavy atom. The molecule has 0 bridgehead atoms. The third-order valence-electron chi connectivity index (χ3n) is 4.65. The van der Waals surface area contributed by atoms with Gasteiger partial charge in [0.25, 0.3) is 0 Å². The van der Waals surface area contributed by atoms with E-state index in [1.54, 1.807) is 12.1 Å². The number of nitrogens with zero attached hydrogens (tertiary/aromatic N) is 2. The monoisotopic (exact) mass is 348 g/mol. The summed E-state index contributed by atoms with van der Waals surface area (Å²) in [7, 11) is 0. The molecule has 3 aromatic rings. The van der Waals surface area contributed by atoms with Crippen LogP contribution in [0.4, 0.5) is 0 Å². The van der Waals surface area contributed by atoms with Crippen molar-refractivity contribution in [3.05, 3.63) is 60.2 Å². The lowest BCUT2D eigenvalue weighted by atomic mass is 9.97. The molecule has 132 valence electrons. The van der Waals surface area contributed by atoms with Crippen LogP contribution in [-0.4, -0.2) is 22.3 Å². The zero-order valence-corrected chi connectivity index (χ0v) is 14.4. The summed E-state index contributed by atoms with van der Waals surface area (Å²) in [5.74, 6) is 0.419. The van der Waals surface area contributed by atoms with Gasteiger partial charge in [0.05, 0.1) is 11.1 Å². The molecule has 0 radical (unpaired) electrons. The van der Waals surface area contributed by atoms with Crippen molar-refractivity contribution in [3.8, 4) is 22.9 Å². The van der Waals surface area contributed by atoms with Crippen LogP contribution in [0, 0.1) is 0 Å². The lowest BCUT2D eigenvalue weighted by Crippen LogP contribution is -2.21. The Bertz CT molecular complexity index is 883. The summed E-state index contributed by atoms with van der Waals surface area (Å²) < 4.78 is 11.5. The van der Waals surface area contributed by atoms with E-state index < -0.39 is 0 Å². The van der Waals surface area contributed by atoms with Crippen molar-refractivity contribution in [1.82, 2.24) is 10.2 Å². The van der Waals surface area contributed by atoms with Crippen LogP contribution in [0.1, 0.15) is 42.5 Å². The summed E-state index contributed by atoms with van der Waals surface area (Å²) in [5.41, 5.74) is 1.90. The quantitative estimate of drug-likeness (QED) is 0.628. The summed E-state index contributed by atoms with van der Waals surface area (Å²) in [6, 6.07) is 16.8. The van der Waals surface area contributed by atoms with E-state index in [-0.39, 0.29) is 12.1 Å². The number of benzene rings is 2. The van der Waals surface area contributed by atoms with Crippen molar-refractivity contribution in [1.29, 1.82) is 0 Å². The number of hydrogen-bond donors (Lipinski definition) is 0. The Balaban J connectivity index is 1.60. The summed E-state index contributed by atoms with van der Waals surface area (Å²) in [4.78, 5) is 12.7. The maximum atomic E-state index is 12.7. The smallest absolute Gasteiger partial charge is 0.339 e. The molecule has 0 atom stereocenters. The van der Waals surface area contributed by atoms with Crippen molar-refractivity contribution in [3.63, 3.8) is 0 Å². The number of ether oxygens (including phenoxy) is 1. The van der Waals surface area contributed by atoms with Crippen LogP contribution < -0.4 is 0 Å². The van der Waals surface area contributed by atoms with Gasteiger partial charge < -0.3 is 9.15 Å². The SMILES string of the molecule is O=C(OC1CCCCC1)c1ccccc1-c1nnc(-c2ccccc2)o1. The Labute approximate surface area is 152 Å². The highest BCUT2D eigenvalue weighted by molar-refractivity contribution is 5.96. The van der Waals surface area contributed by atoms with Gasteiger partial charge in [-0.05, 0) is 49.9 Å². The number of aromatic nitrogens is 2. The molecule has 5 heteroatoms. The molecule has 1 heterocycles. The van der Waals surface area contributed by atoms with Crippen LogP contribution >= 0.6 is 0 Å². The van der Waals surface area contributed by atoms with Crippen LogP contribution in [0.25, 0.3) is 22.9 Å². The molecular weight excluding hydrogens is 328 g/mol. The molecule has 5 nitrogen and oxygen atoms in total. The normalized spacial score (nSPS) is 14.9. The first-order valence-corrected chi connectivity index (χ1v) is 9.00. The fraction of sp³-hybridized carbons (Fsp3) is 0.286. The van der Waals surface area contributed by atoms with Crippen molar-refractivity contribution in [2.24, 2.45) is 0 Å². The summed E-state index contributed by atoms with van der Waals surface area (Å²) in [6.07, 6.45) is 5.33. The Morgan fingerprint density at radius 2 is 1.58 bits per heavy atom. The lowest BCUT2D eigenvalue weighted by molar-refractivity contribution is 0.0212. The van der Waals surface area contributed by atoms with Crippen molar-refractivity contribution < 1.29 is 13.9 Å². The van der Waals surface area contributed by atoms with Crippen LogP contribution in [0.5, 0.6) is 0 Å². The predicted octanol–water partition coefficient (Wildman–Crippen LogP) is 4.89. The number of esters is 1. The first-order valence-electron chi connectivity index (χ1n) is 9.00. The maximum Gasteiger partial charge on any atom is 0.339 e. The van der Waals surface area contributed by atoms with Crippen LogP contribution in [0.15, 0.2) is 59.0 Å². The number of carbonyl (C=O) groups excluding carboxylic acids is 1. The van der Waals surface area contributed by atoms with Gasteiger partial charge in [-0.15, -0.1) is 10.2 Å². The minimum absolute atomic E-state index is 0.00636. The highest BCUT2D eigenvalue weighted by atomic mass is 16.5. The van der Waals surface area contributed by atoms with Gasteiger partial charge in [-0.25, -0.2) is 4.79 Å². The minimum atomic E-state index is -0.327. The third kappa shape index (κ3) is 3.52. The first kappa shape index (κ1) is 16.5. The molecule has 0 amide bonds. The second-order valence-electron chi connectivity index (χ2n) is 6.49. The molecule has 1 saturated carbocycles. The topological polar surface area (TPSA) is 65.2 Å². The second-order valence-corrected chi connectivity index (χ2v) is 6.49. The van der Waals surface area contributed by atoms with Crippen LogP contribution in [0.2, 0.25) is 0 Å². The van der Waals surface area contributed by atoms with E-state index in [0.717, 1.165) is 31.2 Å². The van der Waals surface area contributed by atoms with Gasteiger partial charge in [-0.3, -0.25) is 0 Å². The molecule has 0 N–H and O–H groups in total. The maximum absolute atomic E-state index is 12.7. The molecule has 0 unspecified atom stereocenters. The third-order valence-corrected chi connectivity index (χ3v) is 4.65. The van der Waals surface area contributed by atoms with Crippen LogP contribution in [0.3, 0.4) is 0 Å². The predicted molar refractivity (Wildman–Crippen MR) is 97.5 cm³/mol. The van der Waals surface area contributed by atoms with Crippen molar-refractivity contribution in [2.45, 2.75) is 38.2 Å². The molecule has 0 spiro atoms. The summed E-state index contributed by atoms with van der Waals surface area (Å²) in [6.45, 7) is 0. The van der Waals surface area contributed by atoms with Gasteiger partial charge in [-0.2, -0.15) is 0 Å². The molecule has 4 rings (SSSR count). The largest absolute Gasteiger partial charge is 0.459 e. The first-order chi connectivity index (χ1) is 12.8. The standard InChI is InChI=1S/C21H20N2O3/c24-21(25-16-11-5-2-6-12-16)18-14-8-7-13-17(18)20-23-22-19(26-20)15-9-3-1-4-10-15/h1,3-4,7-10,13-14,16H,2,5-6,11-12H2. The summed E-state index contributed by atoms with van der Waals surface area (Å²) in [5, 5.41) is 8.24. The van der Waals surface area contributed by atoms with E-state index >= 15 is 0 Å². The molecule has 1 aromatic heterocycles. The van der Waals surface area contributed by atoms with Gasteiger partial charge >= 0.3 is 5.97 Å². The molecule has 0 saturated heterocycles. The zero-order chi connectivity index (χ0) is 17.8. The Morgan fingerprint density at radius 3 is 2.38 bits per heavy atom. The summed E-state index contributed by atoms with van der Waals surface area (Å²) >= 11 is 0. The molecule has 0 aliphatic heterocycles. The van der Waals surface area contributed by atoms with E-state index in [0.29, 0.717) is 22.9 Å². The molecule has 1 aliphatic carbocycles. The van der Waals surface area contributed by atoms with Crippen molar-refractivity contribution in [2.75, 3.05) is 0 Å². The number of carbonyl (C=O) groups is 1. The van der Waals surface area contributed by atoms with E-state index in [9.17, 15) is 4.79 Å². The van der Waals surface area contributed by atoms with E-state index in [4.69, 9.17) is 9.15 Å². The fourth-order valence-corrected chi connectivity index (χ4v) is 3.27. The number of rotatable bonds is 4. The number of hydrogen-bond acceptors (Lipinski definition) is 5. The zero-order valence-electron chi connectivity index (χ0n) is 14.4. The van der Waals surface area contributed by atoms with E-state index in [2.05, 4.69) is 10.2 Å². The molecule has 26 heavy (non-hydrogen) atoms. The van der Waals surface area contributed by atoms with Crippen LogP contribution in [-0.2, 0) is 4.74 Å². The molecule has 1 fully saturated rings. The molecule has 2 aromatic carbocycles. The van der Waals surface area contributed by atoms with E-state index in [1.807, 2.05) is 42.5 Å². The van der Waals surface area contributed by atoms with Gasteiger partial charge in [0, 0.05) is 5.56 Å². The van der Waals surface area contributed by atoms with Crippen molar-refractivity contribution >= 4 is 5.97 Å². The molecule has 1 aliphatic rings. The fourth-order valence-electron chi connectivity index (χ4n) is 3.27. The van der Waals surface area contributed by atoms with Gasteiger partial charge in [-0.1, -0.05) is 36.8 Å². The average Bonchev–Trinajstić information content (AvgIpc) is 3.19. The Hall–Kier alpha value is -2.95. The minimum Gasteiger partial charge on any atom is -0.459 e. The molecular formula is C21H20N2O3. The Kier molecular flexibility index (Phi) is 4.78. The highest BCUT2D eigenvalue weighted by Gasteiger charge is 2.23. The van der Waals surface area contributed by atoms with Gasteiger partial charge in [0.1, 0.15) is 6.10 Å². The van der Waals surface area contributed by atoms with E-state index in [1.165, 1.54) is 6.42 Å². The van der Waals surface area contributed by atoms with Gasteiger partial charge in [0.15, 0.2) is 0 Å². The highest BCUT2D eigenvalue weighted by Crippen LogP contribution is 2.28. The lowest BCUT2D eigenvalue weighted by Gasteiger charge is -2.22. The average molecular weight is 348 g/mol. The van der Waals surface area contributed by atoms with Gasteiger partial charge in [0.2, 0.25) is 11.8 Å². The second kappa shape index (κ2) is 7.52.